The molecular formula is C64H70N4O. The van der Waals surface area contributed by atoms with Crippen LogP contribution in [0.15, 0.2) is 121 Å². The number of fused-ring (bicyclic) bond motifs is 12. The van der Waals surface area contributed by atoms with Crippen molar-refractivity contribution in [3.05, 3.63) is 172 Å². The third-order valence-electron chi connectivity index (χ3n) is 15.5. The first-order chi connectivity index (χ1) is 32.3. The van der Waals surface area contributed by atoms with Crippen molar-refractivity contribution in [3.8, 4) is 28.4 Å². The van der Waals surface area contributed by atoms with Gasteiger partial charge in [-0.1, -0.05) is 165 Å². The lowest BCUT2D eigenvalue weighted by Gasteiger charge is -2.46. The number of para-hydroxylation sites is 2. The number of aromatic nitrogens is 2. The minimum atomic E-state index is -0.613. The van der Waals surface area contributed by atoms with E-state index in [1.54, 1.807) is 0 Å². The molecule has 6 aromatic carbocycles. The second-order valence-corrected chi connectivity index (χ2v) is 25.5. The number of benzene rings is 6. The van der Waals surface area contributed by atoms with Gasteiger partial charge in [0.15, 0.2) is 0 Å². The summed E-state index contributed by atoms with van der Waals surface area (Å²) in [6.45, 7) is 36.2. The topological polar surface area (TPSA) is 33.5 Å². The lowest BCUT2D eigenvalue weighted by Crippen LogP contribution is -2.40. The molecule has 0 amide bonds. The molecule has 1 aliphatic carbocycles. The third kappa shape index (κ3) is 6.73. The van der Waals surface area contributed by atoms with Gasteiger partial charge in [-0.3, -0.25) is 4.57 Å². The molecule has 0 saturated heterocycles. The van der Waals surface area contributed by atoms with Gasteiger partial charge >= 0.3 is 0 Å². The Morgan fingerprint density at radius 1 is 0.493 bits per heavy atom. The molecule has 0 bridgehead atoms. The van der Waals surface area contributed by atoms with Crippen LogP contribution < -0.4 is 14.5 Å². The van der Waals surface area contributed by atoms with E-state index in [2.05, 4.69) is 241 Å². The van der Waals surface area contributed by atoms with Gasteiger partial charge in [-0.15, -0.1) is 0 Å². The molecule has 8 aromatic rings. The van der Waals surface area contributed by atoms with E-state index < -0.39 is 5.41 Å². The molecule has 0 N–H and O–H groups in total. The average molecular weight is 911 g/mol. The smallest absolute Gasteiger partial charge is 0.137 e. The summed E-state index contributed by atoms with van der Waals surface area (Å²) >= 11 is 0. The van der Waals surface area contributed by atoms with Crippen molar-refractivity contribution in [1.82, 2.24) is 9.55 Å². The highest BCUT2D eigenvalue weighted by molar-refractivity contribution is 6.09. The average Bonchev–Trinajstić information content (AvgIpc) is 3.89. The standard InChI is InChI=1S/C64H70N4O/c1-59(2,3)38-28-29-65-55(34-38)68-51-22-18-17-20-43(51)44-26-24-41(35-53(44)68)69-42-25-27-47-54(36-42)67-37-66(16)52-23-19-21-48(58(52)67)64(47)56-45(30-39(60(4,5)6)32-49(56)62(10,11)12)46-31-40(61(7,8)9)33-50(57(46)64)63(13,14)15/h17-36H,37H2,1-16H3. The molecule has 0 fully saturated rings. The monoisotopic (exact) mass is 911 g/mol. The minimum Gasteiger partial charge on any atom is -0.457 e. The van der Waals surface area contributed by atoms with Gasteiger partial charge in [0, 0.05) is 36.1 Å². The van der Waals surface area contributed by atoms with E-state index in [0.29, 0.717) is 0 Å². The molecule has 352 valence electrons. The molecule has 69 heavy (non-hydrogen) atoms. The van der Waals surface area contributed by atoms with E-state index in [1.807, 2.05) is 6.20 Å². The van der Waals surface area contributed by atoms with Gasteiger partial charge in [-0.05, 0) is 131 Å². The molecule has 0 atom stereocenters. The zero-order chi connectivity index (χ0) is 49.1. The largest absolute Gasteiger partial charge is 0.457 e. The zero-order valence-corrected chi connectivity index (χ0v) is 44.0. The fourth-order valence-corrected chi connectivity index (χ4v) is 11.9. The Balaban J connectivity index is 1.19. The van der Waals surface area contributed by atoms with Crippen molar-refractivity contribution >= 4 is 38.9 Å². The minimum absolute atomic E-state index is 0.0167. The van der Waals surface area contributed by atoms with Gasteiger partial charge in [0.1, 0.15) is 17.3 Å². The van der Waals surface area contributed by atoms with Crippen molar-refractivity contribution in [2.45, 2.75) is 136 Å². The van der Waals surface area contributed by atoms with Crippen LogP contribution in [0.5, 0.6) is 11.5 Å². The van der Waals surface area contributed by atoms with E-state index in [4.69, 9.17) is 9.72 Å². The molecule has 11 rings (SSSR count). The van der Waals surface area contributed by atoms with Gasteiger partial charge in [-0.25, -0.2) is 4.98 Å². The van der Waals surface area contributed by atoms with E-state index in [1.165, 1.54) is 89.0 Å². The summed E-state index contributed by atoms with van der Waals surface area (Å²) in [5.74, 6) is 2.50. The van der Waals surface area contributed by atoms with Crippen LogP contribution in [0, 0.1) is 0 Å². The Morgan fingerprint density at radius 3 is 1.68 bits per heavy atom. The first-order valence-electron chi connectivity index (χ1n) is 25.1. The van der Waals surface area contributed by atoms with Crippen LogP contribution >= 0.6 is 0 Å². The van der Waals surface area contributed by atoms with Crippen LogP contribution in [0.4, 0.5) is 17.1 Å². The quantitative estimate of drug-likeness (QED) is 0.177. The second-order valence-electron chi connectivity index (χ2n) is 25.5. The number of hydrogen-bond acceptors (Lipinski definition) is 4. The van der Waals surface area contributed by atoms with Gasteiger partial charge in [0.05, 0.1) is 40.2 Å². The molecule has 2 aliphatic heterocycles. The predicted octanol–water partition coefficient (Wildman–Crippen LogP) is 16.7. The second kappa shape index (κ2) is 14.6. The number of hydrogen-bond donors (Lipinski definition) is 0. The molecule has 5 heteroatoms. The summed E-state index contributed by atoms with van der Waals surface area (Å²) < 4.78 is 9.42. The maximum atomic E-state index is 7.12. The number of ether oxygens (including phenoxy) is 1. The fourth-order valence-electron chi connectivity index (χ4n) is 11.9. The summed E-state index contributed by atoms with van der Waals surface area (Å²) in [5.41, 5.74) is 20.0. The molecule has 2 aromatic heterocycles. The fraction of sp³-hybridized carbons (Fsp3) is 0.359. The van der Waals surface area contributed by atoms with Crippen molar-refractivity contribution in [2.75, 3.05) is 23.5 Å². The van der Waals surface area contributed by atoms with Gasteiger partial charge in [-0.2, -0.15) is 0 Å². The van der Waals surface area contributed by atoms with Crippen molar-refractivity contribution in [2.24, 2.45) is 0 Å². The highest BCUT2D eigenvalue weighted by Gasteiger charge is 2.57. The van der Waals surface area contributed by atoms with Crippen LogP contribution in [0.2, 0.25) is 0 Å². The molecule has 0 unspecified atom stereocenters. The lowest BCUT2D eigenvalue weighted by atomic mass is 9.59. The Morgan fingerprint density at radius 2 is 1.07 bits per heavy atom. The van der Waals surface area contributed by atoms with Gasteiger partial charge < -0.3 is 14.5 Å². The van der Waals surface area contributed by atoms with Crippen LogP contribution in [0.1, 0.15) is 154 Å². The maximum Gasteiger partial charge on any atom is 0.137 e. The van der Waals surface area contributed by atoms with Crippen molar-refractivity contribution < 1.29 is 4.74 Å². The summed E-state index contributed by atoms with van der Waals surface area (Å²) in [6, 6.07) is 43.9. The Bertz CT molecular complexity index is 3360. The molecular weight excluding hydrogens is 841 g/mol. The van der Waals surface area contributed by atoms with Crippen LogP contribution in [0.3, 0.4) is 0 Å². The van der Waals surface area contributed by atoms with Crippen LogP contribution in [-0.4, -0.2) is 23.3 Å². The zero-order valence-electron chi connectivity index (χ0n) is 44.0. The van der Waals surface area contributed by atoms with Gasteiger partial charge in [0.2, 0.25) is 0 Å². The Kier molecular flexibility index (Phi) is 9.55. The molecule has 0 saturated carbocycles. The van der Waals surface area contributed by atoms with E-state index in [0.717, 1.165) is 35.0 Å². The first-order valence-corrected chi connectivity index (χ1v) is 25.1. The number of anilines is 3. The van der Waals surface area contributed by atoms with Crippen molar-refractivity contribution in [1.29, 1.82) is 0 Å². The summed E-state index contributed by atoms with van der Waals surface area (Å²) in [5, 5.41) is 2.36. The number of rotatable bonds is 3. The lowest BCUT2D eigenvalue weighted by molar-refractivity contribution is 0.482. The molecule has 3 aliphatic rings. The normalized spacial score (nSPS) is 15.2. The summed E-state index contributed by atoms with van der Waals surface area (Å²) in [4.78, 5) is 9.94. The van der Waals surface area contributed by atoms with Crippen LogP contribution in [0.25, 0.3) is 38.8 Å². The Hall–Kier alpha value is -6.33. The highest BCUT2D eigenvalue weighted by Crippen LogP contribution is 2.68. The highest BCUT2D eigenvalue weighted by atomic mass is 16.5. The molecule has 1 spiro atoms. The van der Waals surface area contributed by atoms with E-state index in [9.17, 15) is 0 Å². The van der Waals surface area contributed by atoms with Crippen LogP contribution in [-0.2, 0) is 32.5 Å². The summed E-state index contributed by atoms with van der Waals surface area (Å²) in [6.07, 6.45) is 1.94. The first kappa shape index (κ1) is 45.1. The van der Waals surface area contributed by atoms with Gasteiger partial charge in [0.25, 0.3) is 0 Å². The third-order valence-corrected chi connectivity index (χ3v) is 15.5. The predicted molar refractivity (Wildman–Crippen MR) is 291 cm³/mol. The molecule has 4 heterocycles. The molecule has 0 radical (unpaired) electrons. The molecule has 5 nitrogen and oxygen atoms in total. The SMILES string of the molecule is CN1CN2c3cc(Oc4ccc5c6ccccc6n(-c6cc(C(C)(C)C)ccn6)c5c4)ccc3C3(c4cccc1c42)c1c(cc(C(C)(C)C)cc1C(C)(C)C)-c1cc(C(C)(C)C)cc(C(C)(C)C)c13. The Labute approximate surface area is 411 Å². The van der Waals surface area contributed by atoms with E-state index >= 15 is 0 Å². The van der Waals surface area contributed by atoms with Crippen molar-refractivity contribution in [3.63, 3.8) is 0 Å². The maximum absolute atomic E-state index is 7.12. The number of pyridine rings is 1. The van der Waals surface area contributed by atoms with E-state index in [-0.39, 0.29) is 27.1 Å². The summed E-state index contributed by atoms with van der Waals surface area (Å²) in [7, 11) is 2.24. The number of nitrogens with zero attached hydrogens (tertiary/aromatic N) is 4.